The lowest BCUT2D eigenvalue weighted by Gasteiger charge is -2.11. The van der Waals surface area contributed by atoms with Crippen LogP contribution in [-0.2, 0) is 6.42 Å². The average Bonchev–Trinajstić information content (AvgIpc) is 2.44. The summed E-state index contributed by atoms with van der Waals surface area (Å²) < 4.78 is 0. The molecule has 1 amide bonds. The SMILES string of the molecule is CCCc1ccccc1NC(=O)c1cc(N)cnc1Cl. The number of hydrogen-bond acceptors (Lipinski definition) is 3. The Morgan fingerprint density at radius 2 is 2.15 bits per heavy atom. The number of hydrogen-bond donors (Lipinski definition) is 2. The summed E-state index contributed by atoms with van der Waals surface area (Å²) in [6, 6.07) is 9.23. The highest BCUT2D eigenvalue weighted by molar-refractivity contribution is 6.33. The van der Waals surface area contributed by atoms with E-state index < -0.39 is 0 Å². The van der Waals surface area contributed by atoms with Gasteiger partial charge in [-0.1, -0.05) is 43.1 Å². The van der Waals surface area contributed by atoms with Gasteiger partial charge < -0.3 is 11.1 Å². The molecule has 104 valence electrons. The lowest BCUT2D eigenvalue weighted by molar-refractivity contribution is 0.102. The van der Waals surface area contributed by atoms with Gasteiger partial charge in [0.15, 0.2) is 0 Å². The fourth-order valence-corrected chi connectivity index (χ4v) is 2.13. The Kier molecular flexibility index (Phi) is 4.58. The summed E-state index contributed by atoms with van der Waals surface area (Å²) in [7, 11) is 0. The lowest BCUT2D eigenvalue weighted by Crippen LogP contribution is -2.14. The third-order valence-electron chi connectivity index (χ3n) is 2.89. The number of rotatable bonds is 4. The zero-order chi connectivity index (χ0) is 14.5. The van der Waals surface area contributed by atoms with Crippen molar-refractivity contribution in [1.29, 1.82) is 0 Å². The van der Waals surface area contributed by atoms with Gasteiger partial charge in [-0.3, -0.25) is 4.79 Å². The number of pyridine rings is 1. The van der Waals surface area contributed by atoms with Crippen molar-refractivity contribution in [1.82, 2.24) is 4.98 Å². The highest BCUT2D eigenvalue weighted by Gasteiger charge is 2.13. The van der Waals surface area contributed by atoms with E-state index >= 15 is 0 Å². The maximum Gasteiger partial charge on any atom is 0.258 e. The molecule has 0 aliphatic carbocycles. The third kappa shape index (κ3) is 3.27. The van der Waals surface area contributed by atoms with Crippen LogP contribution in [0.25, 0.3) is 0 Å². The van der Waals surface area contributed by atoms with E-state index in [0.29, 0.717) is 5.69 Å². The summed E-state index contributed by atoms with van der Waals surface area (Å²) in [4.78, 5) is 16.1. The normalized spacial score (nSPS) is 10.3. The maximum atomic E-state index is 12.3. The number of nitrogen functional groups attached to an aromatic ring is 1. The molecule has 3 N–H and O–H groups in total. The van der Waals surface area contributed by atoms with Crippen LogP contribution in [0, 0.1) is 0 Å². The van der Waals surface area contributed by atoms with E-state index in [1.807, 2.05) is 24.3 Å². The van der Waals surface area contributed by atoms with Crippen molar-refractivity contribution in [2.75, 3.05) is 11.1 Å². The molecule has 0 saturated carbocycles. The van der Waals surface area contributed by atoms with E-state index in [1.54, 1.807) is 0 Å². The second-order valence-corrected chi connectivity index (χ2v) is 4.83. The first-order valence-electron chi connectivity index (χ1n) is 6.42. The Morgan fingerprint density at radius 1 is 1.40 bits per heavy atom. The Balaban J connectivity index is 2.26. The summed E-state index contributed by atoms with van der Waals surface area (Å²) in [6.07, 6.45) is 3.33. The van der Waals surface area contributed by atoms with Gasteiger partial charge in [0.2, 0.25) is 0 Å². The van der Waals surface area contributed by atoms with Crippen molar-refractivity contribution in [3.63, 3.8) is 0 Å². The molecular formula is C15H16ClN3O. The van der Waals surface area contributed by atoms with Gasteiger partial charge in [0.05, 0.1) is 17.4 Å². The third-order valence-corrected chi connectivity index (χ3v) is 3.19. The van der Waals surface area contributed by atoms with E-state index in [4.69, 9.17) is 17.3 Å². The number of amides is 1. The topological polar surface area (TPSA) is 68.0 Å². The van der Waals surface area contributed by atoms with Crippen molar-refractivity contribution in [2.45, 2.75) is 19.8 Å². The smallest absolute Gasteiger partial charge is 0.258 e. The molecule has 0 unspecified atom stereocenters. The first-order valence-corrected chi connectivity index (χ1v) is 6.80. The Labute approximate surface area is 123 Å². The predicted octanol–water partition coefficient (Wildman–Crippen LogP) is 3.52. The minimum absolute atomic E-state index is 0.143. The van der Waals surface area contributed by atoms with E-state index in [9.17, 15) is 4.79 Å². The first kappa shape index (κ1) is 14.3. The van der Waals surface area contributed by atoms with Crippen LogP contribution in [0.4, 0.5) is 11.4 Å². The molecule has 0 saturated heterocycles. The number of carbonyl (C=O) groups excluding carboxylic acids is 1. The maximum absolute atomic E-state index is 12.3. The summed E-state index contributed by atoms with van der Waals surface area (Å²) in [5.74, 6) is -0.307. The number of carbonyl (C=O) groups is 1. The molecule has 5 heteroatoms. The molecular weight excluding hydrogens is 274 g/mol. The molecule has 0 aliphatic heterocycles. The summed E-state index contributed by atoms with van der Waals surface area (Å²) in [5, 5.41) is 3.00. The largest absolute Gasteiger partial charge is 0.397 e. The number of benzene rings is 1. The van der Waals surface area contributed by atoms with Gasteiger partial charge >= 0.3 is 0 Å². The van der Waals surface area contributed by atoms with Crippen molar-refractivity contribution in [2.24, 2.45) is 0 Å². The van der Waals surface area contributed by atoms with Crippen LogP contribution in [0.3, 0.4) is 0 Å². The number of anilines is 2. The van der Waals surface area contributed by atoms with Gasteiger partial charge in [0.1, 0.15) is 5.15 Å². The molecule has 0 fully saturated rings. The van der Waals surface area contributed by atoms with Gasteiger partial charge in [-0.15, -0.1) is 0 Å². The molecule has 1 aromatic carbocycles. The van der Waals surface area contributed by atoms with E-state index in [1.165, 1.54) is 12.3 Å². The number of nitrogens with one attached hydrogen (secondary N) is 1. The molecule has 0 spiro atoms. The predicted molar refractivity (Wildman–Crippen MR) is 82.0 cm³/mol. The molecule has 2 rings (SSSR count). The number of para-hydroxylation sites is 1. The number of aryl methyl sites for hydroxylation is 1. The van der Waals surface area contributed by atoms with Crippen molar-refractivity contribution < 1.29 is 4.79 Å². The second-order valence-electron chi connectivity index (χ2n) is 4.47. The zero-order valence-electron chi connectivity index (χ0n) is 11.2. The fourth-order valence-electron chi connectivity index (χ4n) is 1.94. The Bertz CT molecular complexity index is 628. The molecule has 20 heavy (non-hydrogen) atoms. The molecule has 0 atom stereocenters. The molecule has 1 aromatic heterocycles. The van der Waals surface area contributed by atoms with Gasteiger partial charge in [-0.2, -0.15) is 0 Å². The van der Waals surface area contributed by atoms with Gasteiger partial charge in [-0.05, 0) is 24.1 Å². The van der Waals surface area contributed by atoms with Crippen molar-refractivity contribution in [3.05, 3.63) is 52.8 Å². The minimum atomic E-state index is -0.307. The van der Waals surface area contributed by atoms with E-state index in [0.717, 1.165) is 24.1 Å². The molecule has 4 nitrogen and oxygen atoms in total. The first-order chi connectivity index (χ1) is 9.61. The van der Waals surface area contributed by atoms with E-state index in [-0.39, 0.29) is 16.6 Å². The Morgan fingerprint density at radius 3 is 2.90 bits per heavy atom. The van der Waals surface area contributed by atoms with Crippen LogP contribution in [-0.4, -0.2) is 10.9 Å². The summed E-state index contributed by atoms with van der Waals surface area (Å²) in [5.41, 5.74) is 8.20. The Hall–Kier alpha value is -2.07. The number of nitrogens with two attached hydrogens (primary N) is 1. The minimum Gasteiger partial charge on any atom is -0.397 e. The molecule has 0 radical (unpaired) electrons. The van der Waals surface area contributed by atoms with Gasteiger partial charge in [-0.25, -0.2) is 4.98 Å². The van der Waals surface area contributed by atoms with Crippen molar-refractivity contribution in [3.8, 4) is 0 Å². The lowest BCUT2D eigenvalue weighted by atomic mass is 10.1. The van der Waals surface area contributed by atoms with Gasteiger partial charge in [0, 0.05) is 5.69 Å². The standard InChI is InChI=1S/C15H16ClN3O/c1-2-5-10-6-3-4-7-13(10)19-15(20)12-8-11(17)9-18-14(12)16/h3-4,6-9H,2,5,17H2,1H3,(H,19,20). The number of halogens is 1. The highest BCUT2D eigenvalue weighted by Crippen LogP contribution is 2.21. The second kappa shape index (κ2) is 6.39. The van der Waals surface area contributed by atoms with Crippen LogP contribution in [0.15, 0.2) is 36.5 Å². The molecule has 2 aromatic rings. The quantitative estimate of drug-likeness (QED) is 0.846. The van der Waals surface area contributed by atoms with Crippen molar-refractivity contribution >= 4 is 28.9 Å². The summed E-state index contributed by atoms with van der Waals surface area (Å²) in [6.45, 7) is 2.09. The van der Waals surface area contributed by atoms with Crippen LogP contribution in [0.1, 0.15) is 29.3 Å². The summed E-state index contributed by atoms with van der Waals surface area (Å²) >= 11 is 5.93. The number of nitrogens with zero attached hydrogens (tertiary/aromatic N) is 1. The molecule has 0 bridgehead atoms. The molecule has 1 heterocycles. The highest BCUT2D eigenvalue weighted by atomic mass is 35.5. The average molecular weight is 290 g/mol. The monoisotopic (exact) mass is 289 g/mol. The van der Waals surface area contributed by atoms with Crippen LogP contribution >= 0.6 is 11.6 Å². The van der Waals surface area contributed by atoms with Crippen LogP contribution in [0.5, 0.6) is 0 Å². The van der Waals surface area contributed by atoms with Crippen LogP contribution < -0.4 is 11.1 Å². The molecule has 0 aliphatic rings. The fraction of sp³-hybridized carbons (Fsp3) is 0.200. The number of aromatic nitrogens is 1. The van der Waals surface area contributed by atoms with Crippen LogP contribution in [0.2, 0.25) is 5.15 Å². The van der Waals surface area contributed by atoms with Gasteiger partial charge in [0.25, 0.3) is 5.91 Å². The van der Waals surface area contributed by atoms with E-state index in [2.05, 4.69) is 17.2 Å². The zero-order valence-corrected chi connectivity index (χ0v) is 11.9.